The smallest absolute Gasteiger partial charge is 0.243 e. The molecule has 0 saturated heterocycles. The van der Waals surface area contributed by atoms with Crippen LogP contribution < -0.4 is 10.6 Å². The molecule has 28 heavy (non-hydrogen) atoms. The van der Waals surface area contributed by atoms with Gasteiger partial charge in [0.2, 0.25) is 11.8 Å². The number of aromatic nitrogens is 2. The topological polar surface area (TPSA) is 76.0 Å². The fourth-order valence-corrected chi connectivity index (χ4v) is 4.78. The van der Waals surface area contributed by atoms with Crippen LogP contribution in [0.5, 0.6) is 0 Å². The van der Waals surface area contributed by atoms with Crippen molar-refractivity contribution in [1.29, 1.82) is 0 Å². The van der Waals surface area contributed by atoms with E-state index in [9.17, 15) is 9.59 Å². The summed E-state index contributed by atoms with van der Waals surface area (Å²) in [5.74, 6) is -0.196. The SMILES string of the molecule is Cc1nc(SCC(=O)NCC(=O)Nc2ccccc2Br)n(C2CCCC2)c1C. The van der Waals surface area contributed by atoms with Crippen LogP contribution in [0.4, 0.5) is 5.69 Å². The quantitative estimate of drug-likeness (QED) is 0.601. The number of amides is 2. The number of halogens is 1. The Kier molecular flexibility index (Phi) is 7.18. The number of aryl methyl sites for hydroxylation is 1. The lowest BCUT2D eigenvalue weighted by atomic mass is 10.2. The van der Waals surface area contributed by atoms with E-state index >= 15 is 0 Å². The van der Waals surface area contributed by atoms with Crippen LogP contribution in [-0.2, 0) is 9.59 Å². The first-order valence-corrected chi connectivity index (χ1v) is 11.2. The number of hydrogen-bond donors (Lipinski definition) is 2. The molecule has 2 amide bonds. The summed E-state index contributed by atoms with van der Waals surface area (Å²) in [7, 11) is 0. The summed E-state index contributed by atoms with van der Waals surface area (Å²) < 4.78 is 3.09. The van der Waals surface area contributed by atoms with Gasteiger partial charge in [-0.1, -0.05) is 36.7 Å². The monoisotopic (exact) mass is 464 g/mol. The van der Waals surface area contributed by atoms with Gasteiger partial charge >= 0.3 is 0 Å². The maximum Gasteiger partial charge on any atom is 0.243 e. The number of rotatable bonds is 7. The normalized spacial score (nSPS) is 14.2. The third-order valence-electron chi connectivity index (χ3n) is 4.97. The van der Waals surface area contributed by atoms with E-state index in [-0.39, 0.29) is 24.1 Å². The van der Waals surface area contributed by atoms with E-state index in [0.29, 0.717) is 11.7 Å². The first-order valence-electron chi connectivity index (χ1n) is 9.45. The maximum absolute atomic E-state index is 12.2. The predicted octanol–water partition coefficient (Wildman–Crippen LogP) is 4.22. The van der Waals surface area contributed by atoms with Crippen LogP contribution in [0.1, 0.15) is 43.1 Å². The molecule has 0 aliphatic heterocycles. The van der Waals surface area contributed by atoms with E-state index in [0.717, 1.165) is 15.3 Å². The van der Waals surface area contributed by atoms with Crippen molar-refractivity contribution in [3.05, 3.63) is 40.1 Å². The van der Waals surface area contributed by atoms with Gasteiger partial charge in [0.05, 0.1) is 23.7 Å². The standard InChI is InChI=1S/C20H25BrN4O2S/c1-13-14(2)25(15-7-3-4-8-15)20(23-13)28-12-19(27)22-11-18(26)24-17-10-6-5-9-16(17)21/h5-6,9-10,15H,3-4,7-8,11-12H2,1-2H3,(H,22,27)(H,24,26). The van der Waals surface area contributed by atoms with Gasteiger partial charge in [-0.15, -0.1) is 0 Å². The minimum Gasteiger partial charge on any atom is -0.346 e. The number of benzene rings is 1. The van der Waals surface area contributed by atoms with Crippen LogP contribution in [0.15, 0.2) is 33.9 Å². The van der Waals surface area contributed by atoms with E-state index < -0.39 is 0 Å². The summed E-state index contributed by atoms with van der Waals surface area (Å²) in [5, 5.41) is 6.35. The molecule has 1 heterocycles. The van der Waals surface area contributed by atoms with Crippen molar-refractivity contribution in [3.8, 4) is 0 Å². The van der Waals surface area contributed by atoms with Gasteiger partial charge in [-0.25, -0.2) is 4.98 Å². The van der Waals surface area contributed by atoms with E-state index in [1.807, 2.05) is 25.1 Å². The fraction of sp³-hybridized carbons (Fsp3) is 0.450. The summed E-state index contributed by atoms with van der Waals surface area (Å²) in [4.78, 5) is 28.9. The van der Waals surface area contributed by atoms with E-state index in [2.05, 4.69) is 43.0 Å². The molecule has 1 aromatic heterocycles. The van der Waals surface area contributed by atoms with Crippen LogP contribution in [-0.4, -0.2) is 33.7 Å². The molecule has 0 atom stereocenters. The van der Waals surface area contributed by atoms with Crippen molar-refractivity contribution in [3.63, 3.8) is 0 Å². The second kappa shape index (κ2) is 9.60. The number of imidazole rings is 1. The Morgan fingerprint density at radius 3 is 2.64 bits per heavy atom. The molecule has 3 rings (SSSR count). The average molecular weight is 465 g/mol. The van der Waals surface area contributed by atoms with Crippen LogP contribution in [0.2, 0.25) is 0 Å². The summed E-state index contributed by atoms with van der Waals surface area (Å²) >= 11 is 4.82. The zero-order valence-corrected chi connectivity index (χ0v) is 18.5. The molecule has 0 bridgehead atoms. The molecular formula is C20H25BrN4O2S. The number of nitrogens with zero attached hydrogens (tertiary/aromatic N) is 2. The Morgan fingerprint density at radius 1 is 1.21 bits per heavy atom. The fourth-order valence-electron chi connectivity index (χ4n) is 3.41. The van der Waals surface area contributed by atoms with Crippen LogP contribution in [0.25, 0.3) is 0 Å². The van der Waals surface area contributed by atoms with Gasteiger partial charge in [0.15, 0.2) is 5.16 Å². The van der Waals surface area contributed by atoms with Gasteiger partial charge in [-0.05, 0) is 54.8 Å². The highest BCUT2D eigenvalue weighted by Crippen LogP contribution is 2.35. The van der Waals surface area contributed by atoms with Crippen molar-refractivity contribution in [1.82, 2.24) is 14.9 Å². The first kappa shape index (κ1) is 20.9. The zero-order valence-electron chi connectivity index (χ0n) is 16.1. The molecule has 1 aromatic carbocycles. The van der Waals surface area contributed by atoms with Gasteiger partial charge < -0.3 is 15.2 Å². The number of anilines is 1. The number of carbonyl (C=O) groups excluding carboxylic acids is 2. The zero-order chi connectivity index (χ0) is 20.1. The van der Waals surface area contributed by atoms with Crippen molar-refractivity contribution in [2.45, 2.75) is 50.7 Å². The van der Waals surface area contributed by atoms with E-state index in [4.69, 9.17) is 0 Å². The van der Waals surface area contributed by atoms with E-state index in [1.54, 1.807) is 6.07 Å². The summed E-state index contributed by atoms with van der Waals surface area (Å²) in [6.45, 7) is 4.05. The molecule has 1 fully saturated rings. The highest BCUT2D eigenvalue weighted by atomic mass is 79.9. The number of para-hydroxylation sites is 1. The number of hydrogen-bond acceptors (Lipinski definition) is 4. The van der Waals surface area contributed by atoms with Gasteiger partial charge in [0.25, 0.3) is 0 Å². The van der Waals surface area contributed by atoms with Crippen LogP contribution >= 0.6 is 27.7 Å². The second-order valence-electron chi connectivity index (χ2n) is 6.97. The van der Waals surface area contributed by atoms with Gasteiger partial charge in [-0.2, -0.15) is 0 Å². The molecule has 2 N–H and O–H groups in total. The Labute approximate surface area is 178 Å². The third-order valence-corrected chi connectivity index (χ3v) is 6.61. The molecule has 6 nitrogen and oxygen atoms in total. The van der Waals surface area contributed by atoms with E-state index in [1.165, 1.54) is 43.1 Å². The molecule has 150 valence electrons. The lowest BCUT2D eigenvalue weighted by Gasteiger charge is -2.16. The summed E-state index contributed by atoms with van der Waals surface area (Å²) in [6, 6.07) is 7.85. The minimum atomic E-state index is -0.260. The van der Waals surface area contributed by atoms with Crippen molar-refractivity contribution in [2.24, 2.45) is 0 Å². The lowest BCUT2D eigenvalue weighted by molar-refractivity contribution is -0.122. The van der Waals surface area contributed by atoms with Crippen molar-refractivity contribution < 1.29 is 9.59 Å². The number of carbonyl (C=O) groups is 2. The molecule has 1 saturated carbocycles. The van der Waals surface area contributed by atoms with Gasteiger partial charge in [0.1, 0.15) is 0 Å². The molecule has 8 heteroatoms. The van der Waals surface area contributed by atoms with Crippen LogP contribution in [0.3, 0.4) is 0 Å². The largest absolute Gasteiger partial charge is 0.346 e. The Morgan fingerprint density at radius 2 is 1.93 bits per heavy atom. The molecule has 0 radical (unpaired) electrons. The molecule has 0 unspecified atom stereocenters. The highest BCUT2D eigenvalue weighted by molar-refractivity contribution is 9.10. The Bertz CT molecular complexity index is 862. The molecule has 1 aliphatic carbocycles. The highest BCUT2D eigenvalue weighted by Gasteiger charge is 2.23. The molecule has 1 aliphatic rings. The summed E-state index contributed by atoms with van der Waals surface area (Å²) in [5.41, 5.74) is 2.88. The molecule has 0 spiro atoms. The minimum absolute atomic E-state index is 0.0597. The Balaban J connectivity index is 1.50. The van der Waals surface area contributed by atoms with Crippen molar-refractivity contribution in [2.75, 3.05) is 17.6 Å². The summed E-state index contributed by atoms with van der Waals surface area (Å²) in [6.07, 6.45) is 4.84. The number of thioether (sulfide) groups is 1. The maximum atomic E-state index is 12.2. The molecule has 2 aromatic rings. The van der Waals surface area contributed by atoms with Crippen LogP contribution in [0, 0.1) is 13.8 Å². The van der Waals surface area contributed by atoms with Crippen molar-refractivity contribution >= 4 is 45.2 Å². The molecular weight excluding hydrogens is 440 g/mol. The second-order valence-corrected chi connectivity index (χ2v) is 8.76. The third kappa shape index (κ3) is 5.17. The van der Waals surface area contributed by atoms with Gasteiger partial charge in [0, 0.05) is 16.2 Å². The van der Waals surface area contributed by atoms with Gasteiger partial charge in [-0.3, -0.25) is 9.59 Å². The first-order chi connectivity index (χ1) is 13.5. The average Bonchev–Trinajstić information content (AvgIpc) is 3.29. The lowest BCUT2D eigenvalue weighted by Crippen LogP contribution is -2.34. The predicted molar refractivity (Wildman–Crippen MR) is 116 cm³/mol. The number of nitrogens with one attached hydrogen (secondary N) is 2. The Hall–Kier alpha value is -1.80.